The molecule has 0 saturated heterocycles. The Bertz CT molecular complexity index is 1260. The van der Waals surface area contributed by atoms with Gasteiger partial charge in [-0.25, -0.2) is 9.50 Å². The van der Waals surface area contributed by atoms with Crippen molar-refractivity contribution in [3.63, 3.8) is 0 Å². The Morgan fingerprint density at radius 2 is 1.87 bits per heavy atom. The second kappa shape index (κ2) is 9.38. The number of hydrogen-bond acceptors (Lipinski definition) is 5. The Hall–Kier alpha value is -2.42. The monoisotopic (exact) mass is 515 g/mol. The SMILES string of the molecule is Cc1nc2nc(SCC(=O)Nc3ccc(Br)cc3)nn2c(C)c1Cc1ccccc1Cl. The highest BCUT2D eigenvalue weighted by Gasteiger charge is 2.16. The molecule has 2 aromatic heterocycles. The molecule has 0 fully saturated rings. The normalized spacial score (nSPS) is 11.1. The summed E-state index contributed by atoms with van der Waals surface area (Å²) in [4.78, 5) is 21.4. The van der Waals surface area contributed by atoms with Crippen molar-refractivity contribution in [1.82, 2.24) is 19.6 Å². The smallest absolute Gasteiger partial charge is 0.253 e. The zero-order valence-corrected chi connectivity index (χ0v) is 20.1. The number of rotatable bonds is 6. The number of benzene rings is 2. The predicted octanol–water partition coefficient (Wildman–Crippen LogP) is 5.48. The quantitative estimate of drug-likeness (QED) is 0.344. The second-order valence-corrected chi connectivity index (χ2v) is 9.24. The van der Waals surface area contributed by atoms with Crippen molar-refractivity contribution in [2.45, 2.75) is 25.4 Å². The molecule has 0 aliphatic carbocycles. The van der Waals surface area contributed by atoms with Crippen LogP contribution in [0.5, 0.6) is 0 Å². The third-order valence-electron chi connectivity index (χ3n) is 4.81. The summed E-state index contributed by atoms with van der Waals surface area (Å²) < 4.78 is 2.69. The van der Waals surface area contributed by atoms with Crippen molar-refractivity contribution in [3.05, 3.63) is 80.5 Å². The number of nitrogens with zero attached hydrogens (tertiary/aromatic N) is 4. The number of anilines is 1. The van der Waals surface area contributed by atoms with Crippen molar-refractivity contribution < 1.29 is 4.79 Å². The van der Waals surface area contributed by atoms with E-state index in [4.69, 9.17) is 11.6 Å². The molecule has 0 bridgehead atoms. The number of aromatic nitrogens is 4. The fraction of sp³-hybridized carbons (Fsp3) is 0.182. The minimum Gasteiger partial charge on any atom is -0.325 e. The van der Waals surface area contributed by atoms with E-state index in [0.717, 1.165) is 37.7 Å². The molecule has 1 N–H and O–H groups in total. The summed E-state index contributed by atoms with van der Waals surface area (Å²) in [7, 11) is 0. The van der Waals surface area contributed by atoms with E-state index in [1.54, 1.807) is 4.52 Å². The third kappa shape index (κ3) is 5.08. The summed E-state index contributed by atoms with van der Waals surface area (Å²) in [6.45, 7) is 3.96. The number of fused-ring (bicyclic) bond motifs is 1. The van der Waals surface area contributed by atoms with Gasteiger partial charge in [-0.3, -0.25) is 4.79 Å². The number of thioether (sulfide) groups is 1. The van der Waals surface area contributed by atoms with E-state index in [9.17, 15) is 4.79 Å². The maximum atomic E-state index is 12.3. The van der Waals surface area contributed by atoms with Crippen LogP contribution >= 0.6 is 39.3 Å². The van der Waals surface area contributed by atoms with E-state index in [1.807, 2.05) is 62.4 Å². The number of aryl methyl sites for hydroxylation is 2. The zero-order chi connectivity index (χ0) is 22.0. The molecule has 2 heterocycles. The summed E-state index contributed by atoms with van der Waals surface area (Å²) in [5.74, 6) is 0.609. The van der Waals surface area contributed by atoms with Gasteiger partial charge in [-0.05, 0) is 55.3 Å². The first-order valence-corrected chi connectivity index (χ1v) is 11.7. The van der Waals surface area contributed by atoms with E-state index in [2.05, 4.69) is 36.3 Å². The highest BCUT2D eigenvalue weighted by Crippen LogP contribution is 2.24. The topological polar surface area (TPSA) is 72.2 Å². The van der Waals surface area contributed by atoms with E-state index in [0.29, 0.717) is 17.4 Å². The fourth-order valence-electron chi connectivity index (χ4n) is 3.20. The highest BCUT2D eigenvalue weighted by atomic mass is 79.9. The molecule has 0 spiro atoms. The summed E-state index contributed by atoms with van der Waals surface area (Å²) in [6, 6.07) is 15.2. The average Bonchev–Trinajstić information content (AvgIpc) is 3.15. The van der Waals surface area contributed by atoms with Gasteiger partial charge >= 0.3 is 0 Å². The molecule has 31 heavy (non-hydrogen) atoms. The molecule has 4 aromatic rings. The maximum absolute atomic E-state index is 12.3. The minimum atomic E-state index is -0.119. The maximum Gasteiger partial charge on any atom is 0.253 e. The molecule has 0 atom stereocenters. The minimum absolute atomic E-state index is 0.119. The number of carbonyl (C=O) groups excluding carboxylic acids is 1. The Morgan fingerprint density at radius 3 is 2.61 bits per heavy atom. The molecule has 0 aliphatic heterocycles. The number of carbonyl (C=O) groups is 1. The molecule has 9 heteroatoms. The largest absolute Gasteiger partial charge is 0.325 e. The van der Waals surface area contributed by atoms with Crippen LogP contribution in [0.15, 0.2) is 58.2 Å². The van der Waals surface area contributed by atoms with Gasteiger partial charge in [-0.1, -0.05) is 57.5 Å². The van der Waals surface area contributed by atoms with Crippen molar-refractivity contribution in [1.29, 1.82) is 0 Å². The second-order valence-electron chi connectivity index (χ2n) is 6.98. The number of nitrogens with one attached hydrogen (secondary N) is 1. The highest BCUT2D eigenvalue weighted by molar-refractivity contribution is 9.10. The van der Waals surface area contributed by atoms with Crippen LogP contribution < -0.4 is 5.32 Å². The van der Waals surface area contributed by atoms with Crippen LogP contribution in [0.1, 0.15) is 22.5 Å². The van der Waals surface area contributed by atoms with E-state index in [-0.39, 0.29) is 11.7 Å². The van der Waals surface area contributed by atoms with Crippen LogP contribution in [0.3, 0.4) is 0 Å². The van der Waals surface area contributed by atoms with Gasteiger partial charge in [0.1, 0.15) is 0 Å². The van der Waals surface area contributed by atoms with E-state index >= 15 is 0 Å². The standard InChI is InChI=1S/C22H19BrClN5OS/c1-13-18(11-15-5-3-4-6-19(15)24)14(2)29-21(25-13)27-22(28-29)31-12-20(30)26-17-9-7-16(23)8-10-17/h3-10H,11-12H2,1-2H3,(H,26,30). The van der Waals surface area contributed by atoms with Gasteiger partial charge in [0, 0.05) is 33.0 Å². The first kappa shape index (κ1) is 21.8. The number of halogens is 2. The molecule has 2 aromatic carbocycles. The van der Waals surface area contributed by atoms with Gasteiger partial charge in [0.2, 0.25) is 11.1 Å². The van der Waals surface area contributed by atoms with Gasteiger partial charge in [0.15, 0.2) is 0 Å². The molecule has 4 rings (SSSR count). The van der Waals surface area contributed by atoms with Gasteiger partial charge in [-0.15, -0.1) is 5.10 Å². The van der Waals surface area contributed by atoms with Gasteiger partial charge < -0.3 is 5.32 Å². The fourth-order valence-corrected chi connectivity index (χ4v) is 4.28. The van der Waals surface area contributed by atoms with Crippen molar-refractivity contribution in [3.8, 4) is 0 Å². The Kier molecular flexibility index (Phi) is 6.60. The van der Waals surface area contributed by atoms with Gasteiger partial charge in [0.05, 0.1) is 5.75 Å². The average molecular weight is 517 g/mol. The third-order valence-corrected chi connectivity index (χ3v) is 6.55. The molecule has 6 nitrogen and oxygen atoms in total. The molecule has 158 valence electrons. The Balaban J connectivity index is 1.50. The molecule has 0 saturated carbocycles. The van der Waals surface area contributed by atoms with Crippen LogP contribution in [0.2, 0.25) is 5.02 Å². The van der Waals surface area contributed by atoms with Crippen LogP contribution in [-0.2, 0) is 11.2 Å². The van der Waals surface area contributed by atoms with E-state index < -0.39 is 0 Å². The van der Waals surface area contributed by atoms with Crippen LogP contribution in [0.25, 0.3) is 5.78 Å². The predicted molar refractivity (Wildman–Crippen MR) is 128 cm³/mol. The summed E-state index contributed by atoms with van der Waals surface area (Å²) in [6.07, 6.45) is 0.665. The zero-order valence-electron chi connectivity index (χ0n) is 16.9. The molecule has 0 unspecified atom stereocenters. The molecule has 1 amide bonds. The van der Waals surface area contributed by atoms with Crippen LogP contribution in [0, 0.1) is 13.8 Å². The summed E-state index contributed by atoms with van der Waals surface area (Å²) in [5.41, 5.74) is 4.70. The molecule has 0 radical (unpaired) electrons. The van der Waals surface area contributed by atoms with Crippen LogP contribution in [-0.4, -0.2) is 31.2 Å². The Labute approximate surface area is 197 Å². The lowest BCUT2D eigenvalue weighted by Gasteiger charge is -2.11. The lowest BCUT2D eigenvalue weighted by Crippen LogP contribution is -2.14. The number of hydrogen-bond donors (Lipinski definition) is 1. The molecular formula is C22H19BrClN5OS. The van der Waals surface area contributed by atoms with E-state index in [1.165, 1.54) is 11.8 Å². The van der Waals surface area contributed by atoms with Gasteiger partial charge in [0.25, 0.3) is 5.78 Å². The van der Waals surface area contributed by atoms with Crippen molar-refractivity contribution in [2.24, 2.45) is 0 Å². The first-order chi connectivity index (χ1) is 14.9. The lowest BCUT2D eigenvalue weighted by molar-refractivity contribution is -0.113. The Morgan fingerprint density at radius 1 is 1.13 bits per heavy atom. The summed E-state index contributed by atoms with van der Waals surface area (Å²) in [5, 5.41) is 8.66. The molecule has 0 aliphatic rings. The van der Waals surface area contributed by atoms with Gasteiger partial charge in [-0.2, -0.15) is 4.98 Å². The first-order valence-electron chi connectivity index (χ1n) is 9.55. The molecular weight excluding hydrogens is 498 g/mol. The lowest BCUT2D eigenvalue weighted by atomic mass is 10.0. The van der Waals surface area contributed by atoms with Crippen LogP contribution in [0.4, 0.5) is 5.69 Å². The van der Waals surface area contributed by atoms with Crippen molar-refractivity contribution in [2.75, 3.05) is 11.1 Å². The summed E-state index contributed by atoms with van der Waals surface area (Å²) >= 11 is 11.0. The number of amides is 1. The van der Waals surface area contributed by atoms with Crippen molar-refractivity contribution >= 4 is 56.7 Å².